The first-order chi connectivity index (χ1) is 9.13. The number of hydrogen-bond donors (Lipinski definition) is 2. The van der Waals surface area contributed by atoms with Gasteiger partial charge in [-0.15, -0.1) is 0 Å². The van der Waals surface area contributed by atoms with Crippen molar-refractivity contribution in [2.45, 2.75) is 44.2 Å². The van der Waals surface area contributed by atoms with Crippen LogP contribution in [0.2, 0.25) is 0 Å². The van der Waals surface area contributed by atoms with Crippen LogP contribution in [0.4, 0.5) is 0 Å². The molecule has 0 aromatic heterocycles. The summed E-state index contributed by atoms with van der Waals surface area (Å²) in [5.41, 5.74) is 8.85. The Balaban J connectivity index is 2.28. The highest BCUT2D eigenvalue weighted by Gasteiger charge is 2.37. The summed E-state index contributed by atoms with van der Waals surface area (Å²) in [6, 6.07) is 8.70. The predicted octanol–water partition coefficient (Wildman–Crippen LogP) is 2.36. The summed E-state index contributed by atoms with van der Waals surface area (Å²) in [5.74, 6) is 0.623. The second kappa shape index (κ2) is 6.04. The lowest BCUT2D eigenvalue weighted by Gasteiger charge is -2.42. The molecule has 0 fully saturated rings. The number of nitrogens with one attached hydrogen (secondary N) is 1. The average Bonchev–Trinajstić information content (AvgIpc) is 2.47. The molecule has 0 aliphatic heterocycles. The lowest BCUT2D eigenvalue weighted by atomic mass is 9.72. The third-order valence-corrected chi connectivity index (χ3v) is 4.49. The highest BCUT2D eigenvalue weighted by Crippen LogP contribution is 2.40. The second-order valence-corrected chi connectivity index (χ2v) is 5.74. The average molecular weight is 262 g/mol. The van der Waals surface area contributed by atoms with E-state index in [9.17, 15) is 0 Å². The van der Waals surface area contributed by atoms with Gasteiger partial charge in [-0.3, -0.25) is 0 Å². The van der Waals surface area contributed by atoms with Gasteiger partial charge in [-0.1, -0.05) is 31.2 Å². The maximum Gasteiger partial charge on any atom is 0.0667 e. The normalized spacial score (nSPS) is 27.9. The van der Waals surface area contributed by atoms with E-state index in [1.807, 2.05) is 0 Å². The largest absolute Gasteiger partial charge is 0.380 e. The molecule has 3 heteroatoms. The fourth-order valence-electron chi connectivity index (χ4n) is 3.01. The van der Waals surface area contributed by atoms with Crippen LogP contribution in [0.5, 0.6) is 0 Å². The first-order valence-electron chi connectivity index (χ1n) is 7.20. The van der Waals surface area contributed by atoms with Crippen molar-refractivity contribution in [3.63, 3.8) is 0 Å². The number of ether oxygens (including phenoxy) is 1. The zero-order chi connectivity index (χ0) is 13.9. The van der Waals surface area contributed by atoms with E-state index in [1.54, 1.807) is 7.11 Å². The predicted molar refractivity (Wildman–Crippen MR) is 79.3 cm³/mol. The molecular formula is C16H26N2O. The summed E-state index contributed by atoms with van der Waals surface area (Å²) in [5, 5.41) is 3.66. The Labute approximate surface area is 116 Å². The SMILES string of the molecule is COC(C)CNC1(CN)CCC(C)c2ccccc21. The molecule has 1 aliphatic rings. The van der Waals surface area contributed by atoms with Gasteiger partial charge in [0.15, 0.2) is 0 Å². The van der Waals surface area contributed by atoms with Crippen molar-refractivity contribution in [1.82, 2.24) is 5.32 Å². The molecule has 1 aromatic rings. The number of nitrogens with two attached hydrogens (primary N) is 1. The summed E-state index contributed by atoms with van der Waals surface area (Å²) >= 11 is 0. The van der Waals surface area contributed by atoms with Gasteiger partial charge < -0.3 is 15.8 Å². The summed E-state index contributed by atoms with van der Waals surface area (Å²) in [6.45, 7) is 5.84. The van der Waals surface area contributed by atoms with Crippen molar-refractivity contribution in [2.24, 2.45) is 5.73 Å². The maximum atomic E-state index is 6.12. The molecule has 0 bridgehead atoms. The molecular weight excluding hydrogens is 236 g/mol. The number of fused-ring (bicyclic) bond motifs is 1. The Morgan fingerprint density at radius 1 is 1.47 bits per heavy atom. The minimum Gasteiger partial charge on any atom is -0.380 e. The van der Waals surface area contributed by atoms with E-state index in [4.69, 9.17) is 10.5 Å². The Bertz CT molecular complexity index is 421. The van der Waals surface area contributed by atoms with Crippen LogP contribution in [-0.4, -0.2) is 26.3 Å². The lowest BCUT2D eigenvalue weighted by Crippen LogP contribution is -2.52. The number of methoxy groups -OCH3 is 1. The van der Waals surface area contributed by atoms with Crippen molar-refractivity contribution in [3.8, 4) is 0 Å². The van der Waals surface area contributed by atoms with Crippen LogP contribution in [0.15, 0.2) is 24.3 Å². The molecule has 0 heterocycles. The van der Waals surface area contributed by atoms with Gasteiger partial charge in [0.1, 0.15) is 0 Å². The standard InChI is InChI=1S/C16H26N2O/c1-12-8-9-16(11-17,18-10-13(2)19-3)15-7-5-4-6-14(12)15/h4-7,12-13,18H,8-11,17H2,1-3H3. The van der Waals surface area contributed by atoms with E-state index in [0.29, 0.717) is 12.5 Å². The van der Waals surface area contributed by atoms with Crippen LogP contribution >= 0.6 is 0 Å². The quantitative estimate of drug-likeness (QED) is 0.856. The summed E-state index contributed by atoms with van der Waals surface area (Å²) < 4.78 is 5.34. The molecule has 0 saturated heterocycles. The lowest BCUT2D eigenvalue weighted by molar-refractivity contribution is 0.104. The van der Waals surface area contributed by atoms with Crippen molar-refractivity contribution < 1.29 is 4.74 Å². The first-order valence-corrected chi connectivity index (χ1v) is 7.20. The Kier molecular flexibility index (Phi) is 4.61. The molecule has 3 nitrogen and oxygen atoms in total. The fraction of sp³-hybridized carbons (Fsp3) is 0.625. The second-order valence-electron chi connectivity index (χ2n) is 5.74. The van der Waals surface area contributed by atoms with E-state index in [-0.39, 0.29) is 11.6 Å². The van der Waals surface area contributed by atoms with Crippen molar-refractivity contribution in [2.75, 3.05) is 20.2 Å². The van der Waals surface area contributed by atoms with Gasteiger partial charge in [0, 0.05) is 20.2 Å². The molecule has 3 atom stereocenters. The van der Waals surface area contributed by atoms with E-state index in [1.165, 1.54) is 17.5 Å². The molecule has 3 unspecified atom stereocenters. The monoisotopic (exact) mass is 262 g/mol. The fourth-order valence-corrected chi connectivity index (χ4v) is 3.01. The van der Waals surface area contributed by atoms with Crippen LogP contribution in [0.1, 0.15) is 43.7 Å². The van der Waals surface area contributed by atoms with E-state index < -0.39 is 0 Å². The van der Waals surface area contributed by atoms with Gasteiger partial charge in [-0.05, 0) is 36.8 Å². The molecule has 0 saturated carbocycles. The Morgan fingerprint density at radius 3 is 2.89 bits per heavy atom. The van der Waals surface area contributed by atoms with Crippen LogP contribution in [0, 0.1) is 0 Å². The molecule has 1 aliphatic carbocycles. The minimum absolute atomic E-state index is 0.0874. The third-order valence-electron chi connectivity index (χ3n) is 4.49. The number of hydrogen-bond acceptors (Lipinski definition) is 3. The minimum atomic E-state index is -0.0874. The van der Waals surface area contributed by atoms with E-state index in [0.717, 1.165) is 13.0 Å². The van der Waals surface area contributed by atoms with Crippen LogP contribution in [0.3, 0.4) is 0 Å². The first kappa shape index (κ1) is 14.5. The van der Waals surface area contributed by atoms with Crippen LogP contribution in [0.25, 0.3) is 0 Å². The summed E-state index contributed by atoms with van der Waals surface area (Å²) in [7, 11) is 1.75. The molecule has 0 amide bonds. The van der Waals surface area contributed by atoms with Crippen molar-refractivity contribution >= 4 is 0 Å². The summed E-state index contributed by atoms with van der Waals surface area (Å²) in [6.07, 6.45) is 2.48. The zero-order valence-corrected chi connectivity index (χ0v) is 12.3. The van der Waals surface area contributed by atoms with Gasteiger partial charge in [-0.2, -0.15) is 0 Å². The molecule has 106 valence electrons. The van der Waals surface area contributed by atoms with Crippen LogP contribution in [-0.2, 0) is 10.3 Å². The molecule has 19 heavy (non-hydrogen) atoms. The van der Waals surface area contributed by atoms with Crippen molar-refractivity contribution in [1.29, 1.82) is 0 Å². The molecule has 0 spiro atoms. The Hall–Kier alpha value is -0.900. The van der Waals surface area contributed by atoms with E-state index >= 15 is 0 Å². The number of benzene rings is 1. The van der Waals surface area contributed by atoms with Crippen molar-refractivity contribution in [3.05, 3.63) is 35.4 Å². The Morgan fingerprint density at radius 2 is 2.21 bits per heavy atom. The highest BCUT2D eigenvalue weighted by atomic mass is 16.5. The van der Waals surface area contributed by atoms with Gasteiger partial charge in [-0.25, -0.2) is 0 Å². The van der Waals surface area contributed by atoms with Gasteiger partial charge in [0.05, 0.1) is 11.6 Å². The molecule has 2 rings (SSSR count). The van der Waals surface area contributed by atoms with E-state index in [2.05, 4.69) is 43.4 Å². The topological polar surface area (TPSA) is 47.3 Å². The smallest absolute Gasteiger partial charge is 0.0667 e. The summed E-state index contributed by atoms with van der Waals surface area (Å²) in [4.78, 5) is 0. The molecule has 0 radical (unpaired) electrons. The molecule has 1 aromatic carbocycles. The molecule has 3 N–H and O–H groups in total. The van der Waals surface area contributed by atoms with Gasteiger partial charge >= 0.3 is 0 Å². The van der Waals surface area contributed by atoms with Gasteiger partial charge in [0.2, 0.25) is 0 Å². The maximum absolute atomic E-state index is 6.12. The zero-order valence-electron chi connectivity index (χ0n) is 12.3. The van der Waals surface area contributed by atoms with Gasteiger partial charge in [0.25, 0.3) is 0 Å². The highest BCUT2D eigenvalue weighted by molar-refractivity contribution is 5.39. The number of rotatable bonds is 5. The van der Waals surface area contributed by atoms with Crippen LogP contribution < -0.4 is 11.1 Å². The third kappa shape index (κ3) is 2.83.